The molecule has 1 aliphatic carbocycles. The number of rotatable bonds is 6. The Kier molecular flexibility index (Phi) is 4.40. The smallest absolute Gasteiger partial charge is 0.330 e. The van der Waals surface area contributed by atoms with E-state index in [0.29, 0.717) is 6.54 Å². The normalized spacial score (nSPS) is 19.6. The highest BCUT2D eigenvalue weighted by Gasteiger charge is 2.39. The van der Waals surface area contributed by atoms with Crippen molar-refractivity contribution >= 4 is 0 Å². The van der Waals surface area contributed by atoms with E-state index in [1.54, 1.807) is 4.90 Å². The van der Waals surface area contributed by atoms with Gasteiger partial charge in [0.2, 0.25) is 0 Å². The van der Waals surface area contributed by atoms with Crippen LogP contribution < -0.4 is 5.73 Å². The Morgan fingerprint density at radius 2 is 2.00 bits per heavy atom. The summed E-state index contributed by atoms with van der Waals surface area (Å²) in [5.74, 6) is 0. The Hall–Kier alpha value is -0.290. The average Bonchev–Trinajstić information content (AvgIpc) is 2.92. The second-order valence-electron chi connectivity index (χ2n) is 4.30. The molecule has 0 aromatic heterocycles. The molecule has 0 saturated heterocycles. The van der Waals surface area contributed by atoms with E-state index in [-0.39, 0.29) is 12.1 Å². The van der Waals surface area contributed by atoms with Crippen LogP contribution in [0, 0.1) is 0 Å². The van der Waals surface area contributed by atoms with Crippen LogP contribution >= 0.6 is 0 Å². The van der Waals surface area contributed by atoms with Gasteiger partial charge in [-0.3, -0.25) is 4.90 Å². The molecule has 0 bridgehead atoms. The number of alkyl halides is 3. The van der Waals surface area contributed by atoms with Crippen LogP contribution in [0.15, 0.2) is 0 Å². The number of hydrogen-bond acceptors (Lipinski definition) is 2. The maximum absolute atomic E-state index is 12.3. The van der Waals surface area contributed by atoms with Crippen molar-refractivity contribution in [3.8, 4) is 0 Å². The zero-order valence-corrected chi connectivity index (χ0v) is 9.06. The van der Waals surface area contributed by atoms with Crippen LogP contribution in [0.5, 0.6) is 0 Å². The molecular formula is C10H19F3N2. The molecule has 1 aliphatic rings. The van der Waals surface area contributed by atoms with Crippen molar-refractivity contribution in [1.82, 2.24) is 4.90 Å². The van der Waals surface area contributed by atoms with E-state index in [1.165, 1.54) is 0 Å². The topological polar surface area (TPSA) is 29.3 Å². The van der Waals surface area contributed by atoms with E-state index >= 15 is 0 Å². The van der Waals surface area contributed by atoms with Crippen molar-refractivity contribution in [3.05, 3.63) is 0 Å². The van der Waals surface area contributed by atoms with Crippen LogP contribution in [0.1, 0.15) is 32.6 Å². The van der Waals surface area contributed by atoms with E-state index in [4.69, 9.17) is 5.73 Å². The second kappa shape index (κ2) is 5.16. The Morgan fingerprint density at radius 1 is 1.40 bits per heavy atom. The van der Waals surface area contributed by atoms with Crippen LogP contribution in [0.3, 0.4) is 0 Å². The summed E-state index contributed by atoms with van der Waals surface area (Å²) >= 11 is 0. The van der Waals surface area contributed by atoms with Gasteiger partial charge in [-0.1, -0.05) is 0 Å². The molecule has 1 fully saturated rings. The molecule has 0 aromatic rings. The molecule has 2 nitrogen and oxygen atoms in total. The highest BCUT2D eigenvalue weighted by molar-refractivity contribution is 4.88. The number of halogens is 3. The molecule has 1 saturated carbocycles. The summed E-state index contributed by atoms with van der Waals surface area (Å²) in [5.41, 5.74) is 5.36. The third-order valence-corrected chi connectivity index (χ3v) is 2.77. The van der Waals surface area contributed by atoms with E-state index in [9.17, 15) is 13.2 Å². The first-order valence-electron chi connectivity index (χ1n) is 5.46. The van der Waals surface area contributed by atoms with Gasteiger partial charge < -0.3 is 5.73 Å². The van der Waals surface area contributed by atoms with Crippen LogP contribution in [0.2, 0.25) is 0 Å². The standard InChI is InChI=1S/C10H19F3N2/c1-8(3-2-6-14)15(9-4-5-9)7-10(11,12)13/h8-9H,2-7,14H2,1H3. The Labute approximate surface area is 88.6 Å². The van der Waals surface area contributed by atoms with Gasteiger partial charge in [-0.05, 0) is 39.2 Å². The molecule has 0 spiro atoms. The lowest BCUT2D eigenvalue weighted by molar-refractivity contribution is -0.152. The molecule has 5 heteroatoms. The van der Waals surface area contributed by atoms with Crippen LogP contribution in [-0.2, 0) is 0 Å². The zero-order chi connectivity index (χ0) is 11.5. The maximum Gasteiger partial charge on any atom is 0.401 e. The first kappa shape index (κ1) is 12.8. The average molecular weight is 224 g/mol. The lowest BCUT2D eigenvalue weighted by Crippen LogP contribution is -2.42. The quantitative estimate of drug-likeness (QED) is 0.749. The molecule has 2 N–H and O–H groups in total. The minimum atomic E-state index is -4.08. The predicted octanol–water partition coefficient (Wildman–Crippen LogP) is 2.14. The van der Waals surface area contributed by atoms with Crippen LogP contribution in [-0.4, -0.2) is 36.2 Å². The molecular weight excluding hydrogens is 205 g/mol. The zero-order valence-electron chi connectivity index (χ0n) is 9.06. The van der Waals surface area contributed by atoms with Gasteiger partial charge in [0, 0.05) is 12.1 Å². The predicted molar refractivity (Wildman–Crippen MR) is 53.5 cm³/mol. The SMILES string of the molecule is CC(CCCN)N(CC(F)(F)F)C1CC1. The minimum absolute atomic E-state index is 0.0114. The minimum Gasteiger partial charge on any atom is -0.330 e. The highest BCUT2D eigenvalue weighted by Crippen LogP contribution is 2.32. The number of nitrogens with zero attached hydrogens (tertiary/aromatic N) is 1. The van der Waals surface area contributed by atoms with Crippen LogP contribution in [0.4, 0.5) is 13.2 Å². The molecule has 1 rings (SSSR count). The molecule has 0 aromatic carbocycles. The fourth-order valence-electron chi connectivity index (χ4n) is 1.84. The third-order valence-electron chi connectivity index (χ3n) is 2.77. The van der Waals surface area contributed by atoms with Gasteiger partial charge in [0.1, 0.15) is 0 Å². The molecule has 0 aliphatic heterocycles. The summed E-state index contributed by atoms with van der Waals surface area (Å²) in [4.78, 5) is 1.58. The second-order valence-corrected chi connectivity index (χ2v) is 4.30. The maximum atomic E-state index is 12.3. The lowest BCUT2D eigenvalue weighted by Gasteiger charge is -2.29. The Balaban J connectivity index is 2.42. The molecule has 1 unspecified atom stereocenters. The van der Waals surface area contributed by atoms with Gasteiger partial charge in [-0.15, -0.1) is 0 Å². The number of nitrogens with two attached hydrogens (primary N) is 1. The van der Waals surface area contributed by atoms with E-state index in [0.717, 1.165) is 25.7 Å². The summed E-state index contributed by atoms with van der Waals surface area (Å²) in [5, 5.41) is 0. The molecule has 15 heavy (non-hydrogen) atoms. The van der Waals surface area contributed by atoms with Crippen molar-refractivity contribution in [2.24, 2.45) is 5.73 Å². The summed E-state index contributed by atoms with van der Waals surface area (Å²) < 4.78 is 36.9. The highest BCUT2D eigenvalue weighted by atomic mass is 19.4. The molecule has 0 amide bonds. The largest absolute Gasteiger partial charge is 0.401 e. The summed E-state index contributed by atoms with van der Waals surface area (Å²) in [6.45, 7) is 1.64. The molecule has 1 atom stereocenters. The first-order valence-corrected chi connectivity index (χ1v) is 5.46. The Bertz CT molecular complexity index is 190. The lowest BCUT2D eigenvalue weighted by atomic mass is 10.1. The molecule has 0 heterocycles. The van der Waals surface area contributed by atoms with Gasteiger partial charge in [0.25, 0.3) is 0 Å². The van der Waals surface area contributed by atoms with Gasteiger partial charge in [-0.2, -0.15) is 13.2 Å². The fourth-order valence-corrected chi connectivity index (χ4v) is 1.84. The van der Waals surface area contributed by atoms with Crippen molar-refractivity contribution in [3.63, 3.8) is 0 Å². The summed E-state index contributed by atoms with van der Waals surface area (Å²) in [6, 6.07) is 0.141. The fraction of sp³-hybridized carbons (Fsp3) is 1.00. The van der Waals surface area contributed by atoms with Crippen molar-refractivity contribution in [1.29, 1.82) is 0 Å². The van der Waals surface area contributed by atoms with Crippen molar-refractivity contribution in [2.75, 3.05) is 13.1 Å². The monoisotopic (exact) mass is 224 g/mol. The third kappa shape index (κ3) is 4.84. The van der Waals surface area contributed by atoms with E-state index in [2.05, 4.69) is 0 Å². The summed E-state index contributed by atoms with van der Waals surface area (Å²) in [7, 11) is 0. The molecule has 90 valence electrons. The van der Waals surface area contributed by atoms with E-state index in [1.807, 2.05) is 6.92 Å². The van der Waals surface area contributed by atoms with Crippen LogP contribution in [0.25, 0.3) is 0 Å². The first-order chi connectivity index (χ1) is 6.94. The van der Waals surface area contributed by atoms with Crippen molar-refractivity contribution < 1.29 is 13.2 Å². The van der Waals surface area contributed by atoms with Crippen molar-refractivity contribution in [2.45, 2.75) is 50.9 Å². The van der Waals surface area contributed by atoms with Gasteiger partial charge in [-0.25, -0.2) is 0 Å². The van der Waals surface area contributed by atoms with Gasteiger partial charge in [0.15, 0.2) is 0 Å². The van der Waals surface area contributed by atoms with E-state index < -0.39 is 12.7 Å². The van der Waals surface area contributed by atoms with Gasteiger partial charge in [0.05, 0.1) is 6.54 Å². The Morgan fingerprint density at radius 3 is 2.40 bits per heavy atom. The van der Waals surface area contributed by atoms with Gasteiger partial charge >= 0.3 is 6.18 Å². The molecule has 0 radical (unpaired) electrons. The number of hydrogen-bond donors (Lipinski definition) is 1. The summed E-state index contributed by atoms with van der Waals surface area (Å²) in [6.07, 6.45) is -0.725.